The number of amides is 1. The summed E-state index contributed by atoms with van der Waals surface area (Å²) < 4.78 is 10.4. The second-order valence-electron chi connectivity index (χ2n) is 5.32. The average Bonchev–Trinajstić information content (AvgIpc) is 3.03. The number of aromatic amines is 1. The lowest BCUT2D eigenvalue weighted by atomic mass is 10.1. The number of nitrogens with one attached hydrogen (secondary N) is 2. The molecule has 0 saturated heterocycles. The number of nitrogens with zero attached hydrogens (tertiary/aromatic N) is 1. The molecule has 0 saturated carbocycles. The first-order valence-electron chi connectivity index (χ1n) is 7.66. The van der Waals surface area contributed by atoms with Crippen molar-refractivity contribution in [1.82, 2.24) is 9.97 Å². The van der Waals surface area contributed by atoms with Gasteiger partial charge >= 0.3 is 0 Å². The van der Waals surface area contributed by atoms with Crippen molar-refractivity contribution in [1.29, 1.82) is 0 Å². The number of fused-ring (bicyclic) bond motifs is 1. The molecule has 0 aliphatic carbocycles. The molecule has 1 aromatic heterocycles. The summed E-state index contributed by atoms with van der Waals surface area (Å²) in [5.74, 6) is 1.82. The Hall–Kier alpha value is -3.02. The van der Waals surface area contributed by atoms with E-state index >= 15 is 0 Å². The van der Waals surface area contributed by atoms with Crippen molar-refractivity contribution >= 4 is 22.6 Å². The molecule has 0 atom stereocenters. The number of aromatic nitrogens is 2. The Morgan fingerprint density at radius 3 is 2.46 bits per heavy atom. The maximum Gasteiger partial charge on any atom is 0.255 e. The van der Waals surface area contributed by atoms with E-state index in [0.29, 0.717) is 22.7 Å². The van der Waals surface area contributed by atoms with Crippen molar-refractivity contribution in [2.24, 2.45) is 0 Å². The number of aryl methyl sites for hydroxylation is 1. The third-order valence-electron chi connectivity index (χ3n) is 3.74. The summed E-state index contributed by atoms with van der Waals surface area (Å²) >= 11 is 0. The van der Waals surface area contributed by atoms with Gasteiger partial charge in [-0.15, -0.1) is 0 Å². The third-order valence-corrected chi connectivity index (χ3v) is 3.74. The highest BCUT2D eigenvalue weighted by molar-refractivity contribution is 6.05. The van der Waals surface area contributed by atoms with Crippen LogP contribution < -0.4 is 14.8 Å². The second kappa shape index (κ2) is 6.62. The maximum atomic E-state index is 12.5. The van der Waals surface area contributed by atoms with E-state index in [2.05, 4.69) is 15.3 Å². The lowest BCUT2D eigenvalue weighted by molar-refractivity contribution is 0.102. The number of anilines is 1. The molecule has 0 fully saturated rings. The Morgan fingerprint density at radius 2 is 1.83 bits per heavy atom. The topological polar surface area (TPSA) is 76.2 Å². The van der Waals surface area contributed by atoms with Crippen molar-refractivity contribution < 1.29 is 14.3 Å². The van der Waals surface area contributed by atoms with Crippen LogP contribution in [0.4, 0.5) is 5.69 Å². The molecule has 6 nitrogen and oxygen atoms in total. The van der Waals surface area contributed by atoms with Gasteiger partial charge in [0.05, 0.1) is 25.3 Å². The molecule has 124 valence electrons. The number of hydrogen-bond acceptors (Lipinski definition) is 4. The van der Waals surface area contributed by atoms with E-state index in [1.54, 1.807) is 32.4 Å². The summed E-state index contributed by atoms with van der Waals surface area (Å²) in [4.78, 5) is 20.2. The van der Waals surface area contributed by atoms with E-state index in [1.165, 1.54) is 0 Å². The highest BCUT2D eigenvalue weighted by atomic mass is 16.5. The van der Waals surface area contributed by atoms with Gasteiger partial charge in [0, 0.05) is 23.7 Å². The van der Waals surface area contributed by atoms with E-state index in [9.17, 15) is 4.79 Å². The zero-order chi connectivity index (χ0) is 17.1. The summed E-state index contributed by atoms with van der Waals surface area (Å²) in [5.41, 5.74) is 2.94. The van der Waals surface area contributed by atoms with Crippen LogP contribution in [0.25, 0.3) is 11.0 Å². The molecule has 0 radical (unpaired) electrons. The SMILES string of the molecule is CCc1nc2ccc(NC(=O)c3cc(OC)cc(OC)c3)cc2[nH]1. The maximum absolute atomic E-state index is 12.5. The van der Waals surface area contributed by atoms with Crippen LogP contribution in [0.2, 0.25) is 0 Å². The van der Waals surface area contributed by atoms with Crippen LogP contribution in [0.1, 0.15) is 23.1 Å². The molecule has 0 aliphatic rings. The van der Waals surface area contributed by atoms with Gasteiger partial charge in [0.1, 0.15) is 17.3 Å². The molecule has 0 bridgehead atoms. The van der Waals surface area contributed by atoms with Crippen LogP contribution in [-0.4, -0.2) is 30.1 Å². The van der Waals surface area contributed by atoms with Crippen LogP contribution in [0.5, 0.6) is 11.5 Å². The number of H-pyrrole nitrogens is 1. The largest absolute Gasteiger partial charge is 0.497 e. The number of imidazole rings is 1. The Bertz CT molecular complexity index is 864. The number of carbonyl (C=O) groups excluding carboxylic acids is 1. The normalized spacial score (nSPS) is 10.6. The molecule has 0 aliphatic heterocycles. The van der Waals surface area contributed by atoms with Gasteiger partial charge in [0.25, 0.3) is 5.91 Å². The first-order chi connectivity index (χ1) is 11.6. The van der Waals surface area contributed by atoms with Gasteiger partial charge in [-0.25, -0.2) is 4.98 Å². The van der Waals surface area contributed by atoms with Gasteiger partial charge in [0.15, 0.2) is 0 Å². The van der Waals surface area contributed by atoms with Crippen LogP contribution in [-0.2, 0) is 6.42 Å². The fourth-order valence-electron chi connectivity index (χ4n) is 2.45. The van der Waals surface area contributed by atoms with Gasteiger partial charge < -0.3 is 19.8 Å². The molecule has 3 rings (SSSR count). The molecular weight excluding hydrogens is 306 g/mol. The molecule has 2 N–H and O–H groups in total. The zero-order valence-corrected chi connectivity index (χ0v) is 13.8. The number of carbonyl (C=O) groups is 1. The highest BCUT2D eigenvalue weighted by Gasteiger charge is 2.11. The number of benzene rings is 2. The lowest BCUT2D eigenvalue weighted by Gasteiger charge is -2.09. The predicted octanol–water partition coefficient (Wildman–Crippen LogP) is 3.39. The van der Waals surface area contributed by atoms with Gasteiger partial charge in [-0.2, -0.15) is 0 Å². The van der Waals surface area contributed by atoms with E-state index in [-0.39, 0.29) is 5.91 Å². The van der Waals surface area contributed by atoms with Crippen LogP contribution in [0, 0.1) is 0 Å². The minimum absolute atomic E-state index is 0.234. The molecule has 3 aromatic rings. The monoisotopic (exact) mass is 325 g/mol. The van der Waals surface area contributed by atoms with Crippen molar-refractivity contribution in [3.63, 3.8) is 0 Å². The molecule has 0 unspecified atom stereocenters. The quantitative estimate of drug-likeness (QED) is 0.754. The van der Waals surface area contributed by atoms with E-state index in [4.69, 9.17) is 9.47 Å². The van der Waals surface area contributed by atoms with Crippen molar-refractivity contribution in [2.75, 3.05) is 19.5 Å². The Balaban J connectivity index is 1.86. The summed E-state index contributed by atoms with van der Waals surface area (Å²) in [5, 5.41) is 2.88. The minimum Gasteiger partial charge on any atom is -0.497 e. The van der Waals surface area contributed by atoms with Crippen molar-refractivity contribution in [3.05, 3.63) is 47.8 Å². The van der Waals surface area contributed by atoms with Crippen molar-refractivity contribution in [2.45, 2.75) is 13.3 Å². The van der Waals surface area contributed by atoms with Gasteiger partial charge in [-0.3, -0.25) is 4.79 Å². The molecule has 0 spiro atoms. The molecule has 6 heteroatoms. The number of methoxy groups -OCH3 is 2. The third kappa shape index (κ3) is 3.17. The summed E-state index contributed by atoms with van der Waals surface area (Å²) in [6.07, 6.45) is 0.833. The number of ether oxygens (including phenoxy) is 2. The molecule has 2 aromatic carbocycles. The zero-order valence-electron chi connectivity index (χ0n) is 13.8. The van der Waals surface area contributed by atoms with Gasteiger partial charge in [-0.1, -0.05) is 6.92 Å². The predicted molar refractivity (Wildman–Crippen MR) is 93.0 cm³/mol. The molecule has 24 heavy (non-hydrogen) atoms. The Kier molecular flexibility index (Phi) is 4.37. The van der Waals surface area contributed by atoms with Gasteiger partial charge in [-0.05, 0) is 30.3 Å². The fourth-order valence-corrected chi connectivity index (χ4v) is 2.45. The highest BCUT2D eigenvalue weighted by Crippen LogP contribution is 2.24. The van der Waals surface area contributed by atoms with Crippen LogP contribution in [0.3, 0.4) is 0 Å². The smallest absolute Gasteiger partial charge is 0.255 e. The molecular formula is C18H19N3O3. The average molecular weight is 325 g/mol. The summed E-state index contributed by atoms with van der Waals surface area (Å²) in [6.45, 7) is 2.04. The van der Waals surface area contributed by atoms with Crippen LogP contribution >= 0.6 is 0 Å². The van der Waals surface area contributed by atoms with Gasteiger partial charge in [0.2, 0.25) is 0 Å². The standard InChI is InChI=1S/C18H19N3O3/c1-4-17-20-15-6-5-12(9-16(15)21-17)19-18(22)11-7-13(23-2)10-14(8-11)24-3/h5-10H,4H2,1-3H3,(H,19,22)(H,20,21). The van der Waals surface area contributed by atoms with E-state index < -0.39 is 0 Å². The fraction of sp³-hybridized carbons (Fsp3) is 0.222. The molecule has 1 amide bonds. The Labute approximate surface area is 139 Å². The first-order valence-corrected chi connectivity index (χ1v) is 7.66. The minimum atomic E-state index is -0.234. The number of rotatable bonds is 5. The van der Waals surface area contributed by atoms with Crippen molar-refractivity contribution in [3.8, 4) is 11.5 Å². The summed E-state index contributed by atoms with van der Waals surface area (Å²) in [7, 11) is 3.10. The second-order valence-corrected chi connectivity index (χ2v) is 5.32. The first kappa shape index (κ1) is 15.9. The van der Waals surface area contributed by atoms with Crippen LogP contribution in [0.15, 0.2) is 36.4 Å². The number of hydrogen-bond donors (Lipinski definition) is 2. The Morgan fingerprint density at radius 1 is 1.12 bits per heavy atom. The molecule has 1 heterocycles. The lowest BCUT2D eigenvalue weighted by Crippen LogP contribution is -2.12. The van der Waals surface area contributed by atoms with E-state index in [1.807, 2.05) is 25.1 Å². The summed E-state index contributed by atoms with van der Waals surface area (Å²) in [6, 6.07) is 10.6. The van der Waals surface area contributed by atoms with E-state index in [0.717, 1.165) is 23.3 Å².